The lowest BCUT2D eigenvalue weighted by Gasteiger charge is -2.12. The van der Waals surface area contributed by atoms with E-state index in [1.54, 1.807) is 25.1 Å². The van der Waals surface area contributed by atoms with Gasteiger partial charge in [0.25, 0.3) is 0 Å². The van der Waals surface area contributed by atoms with Crippen LogP contribution in [0.4, 0.5) is 28.1 Å². The van der Waals surface area contributed by atoms with Crippen LogP contribution in [0.5, 0.6) is 0 Å². The summed E-state index contributed by atoms with van der Waals surface area (Å²) in [6, 6.07) is 13.0. The number of hydrogen-bond donors (Lipinski definition) is 3. The van der Waals surface area contributed by atoms with Gasteiger partial charge in [-0.2, -0.15) is 0 Å². The number of nitrogen functional groups attached to an aromatic ring is 1. The van der Waals surface area contributed by atoms with Crippen molar-refractivity contribution in [2.75, 3.05) is 23.0 Å². The second-order valence-electron chi connectivity index (χ2n) is 6.53. The van der Waals surface area contributed by atoms with E-state index < -0.39 is 0 Å². The molecule has 2 heterocycles. The molecule has 0 atom stereocenters. The molecule has 0 amide bonds. The fraction of sp³-hybridized carbons (Fsp3) is 0.143. The molecule has 0 aliphatic carbocycles. The lowest BCUT2D eigenvalue weighted by atomic mass is 10.2. The highest BCUT2D eigenvalue weighted by atomic mass is 32.1. The minimum absolute atomic E-state index is 0.315. The summed E-state index contributed by atoms with van der Waals surface area (Å²) in [5.41, 5.74) is 9.81. The largest absolute Gasteiger partial charge is 0.462 e. The Morgan fingerprint density at radius 2 is 1.93 bits per heavy atom. The molecule has 0 bridgehead atoms. The standard InChI is InChI=1S/C21H20N6O2S/c1-3-29-20(28)13-5-4-6-14(10-13)25-18-17(22)19(24-11-23-18)27-21-26-15-8-7-12(2)9-16(15)30-21/h4-11H,3,22H2,1-2H3,(H2,23,24,25,26,27). The lowest BCUT2D eigenvalue weighted by molar-refractivity contribution is 0.0526. The summed E-state index contributed by atoms with van der Waals surface area (Å²) in [4.78, 5) is 25.0. The Hall–Kier alpha value is -3.72. The number of benzene rings is 2. The van der Waals surface area contributed by atoms with Gasteiger partial charge in [0.2, 0.25) is 0 Å². The Morgan fingerprint density at radius 1 is 1.13 bits per heavy atom. The molecule has 0 radical (unpaired) electrons. The van der Waals surface area contributed by atoms with E-state index in [9.17, 15) is 4.79 Å². The molecular weight excluding hydrogens is 400 g/mol. The summed E-state index contributed by atoms with van der Waals surface area (Å²) in [5, 5.41) is 6.99. The average molecular weight is 420 g/mol. The van der Waals surface area contributed by atoms with Crippen LogP contribution in [0.25, 0.3) is 10.2 Å². The van der Waals surface area contributed by atoms with Gasteiger partial charge in [-0.15, -0.1) is 0 Å². The SMILES string of the molecule is CCOC(=O)c1cccc(Nc2ncnc(Nc3nc4ccc(C)cc4s3)c2N)c1. The van der Waals surface area contributed by atoms with Crippen LogP contribution >= 0.6 is 11.3 Å². The maximum Gasteiger partial charge on any atom is 0.338 e. The maximum absolute atomic E-state index is 12.0. The van der Waals surface area contributed by atoms with Gasteiger partial charge < -0.3 is 21.1 Å². The summed E-state index contributed by atoms with van der Waals surface area (Å²) in [6.07, 6.45) is 1.41. The number of nitrogens with one attached hydrogen (secondary N) is 2. The van der Waals surface area contributed by atoms with E-state index in [4.69, 9.17) is 10.5 Å². The topological polar surface area (TPSA) is 115 Å². The number of ether oxygens (including phenoxy) is 1. The van der Waals surface area contributed by atoms with Gasteiger partial charge in [-0.05, 0) is 49.7 Å². The molecule has 0 unspecified atom stereocenters. The third-order valence-corrected chi connectivity index (χ3v) is 5.22. The molecule has 0 saturated carbocycles. The summed E-state index contributed by atoms with van der Waals surface area (Å²) in [6.45, 7) is 4.13. The summed E-state index contributed by atoms with van der Waals surface area (Å²) < 4.78 is 6.12. The molecule has 4 rings (SSSR count). The number of nitrogens with zero attached hydrogens (tertiary/aromatic N) is 3. The number of nitrogens with two attached hydrogens (primary N) is 1. The fourth-order valence-electron chi connectivity index (χ4n) is 2.86. The Kier molecular flexibility index (Phi) is 5.44. The molecule has 0 fully saturated rings. The number of hydrogen-bond acceptors (Lipinski definition) is 9. The van der Waals surface area contributed by atoms with E-state index in [2.05, 4.69) is 31.7 Å². The van der Waals surface area contributed by atoms with Gasteiger partial charge in [0.15, 0.2) is 16.8 Å². The van der Waals surface area contributed by atoms with Crippen LogP contribution in [0.15, 0.2) is 48.8 Å². The molecule has 0 saturated heterocycles. The molecule has 4 aromatic rings. The first-order valence-electron chi connectivity index (χ1n) is 9.32. The van der Waals surface area contributed by atoms with Crippen LogP contribution in [0.3, 0.4) is 0 Å². The fourth-order valence-corrected chi connectivity index (χ4v) is 3.82. The highest BCUT2D eigenvalue weighted by molar-refractivity contribution is 7.22. The summed E-state index contributed by atoms with van der Waals surface area (Å²) >= 11 is 1.52. The Morgan fingerprint density at radius 3 is 2.73 bits per heavy atom. The van der Waals surface area contributed by atoms with E-state index >= 15 is 0 Å². The number of esters is 1. The van der Waals surface area contributed by atoms with E-state index in [0.29, 0.717) is 40.3 Å². The third kappa shape index (κ3) is 4.15. The van der Waals surface area contributed by atoms with Crippen LogP contribution in [-0.2, 0) is 4.74 Å². The minimum Gasteiger partial charge on any atom is -0.462 e. The van der Waals surface area contributed by atoms with E-state index in [-0.39, 0.29) is 5.97 Å². The van der Waals surface area contributed by atoms with Crippen molar-refractivity contribution in [3.05, 3.63) is 59.9 Å². The van der Waals surface area contributed by atoms with Gasteiger partial charge in [-0.1, -0.05) is 23.5 Å². The molecule has 8 nitrogen and oxygen atoms in total. The number of aryl methyl sites for hydroxylation is 1. The zero-order valence-electron chi connectivity index (χ0n) is 16.5. The Balaban J connectivity index is 1.57. The van der Waals surface area contributed by atoms with Gasteiger partial charge in [0, 0.05) is 5.69 Å². The molecule has 4 N–H and O–H groups in total. The van der Waals surface area contributed by atoms with Gasteiger partial charge in [0.05, 0.1) is 22.4 Å². The van der Waals surface area contributed by atoms with Crippen molar-refractivity contribution in [2.45, 2.75) is 13.8 Å². The van der Waals surface area contributed by atoms with E-state index in [0.717, 1.165) is 10.2 Å². The van der Waals surface area contributed by atoms with E-state index in [1.165, 1.54) is 23.2 Å². The smallest absolute Gasteiger partial charge is 0.338 e. The Bertz CT molecular complexity index is 1220. The van der Waals surface area contributed by atoms with Gasteiger partial charge in [0.1, 0.15) is 12.0 Å². The number of carbonyl (C=O) groups is 1. The Labute approximate surface area is 177 Å². The van der Waals surface area contributed by atoms with Crippen molar-refractivity contribution >= 4 is 55.7 Å². The van der Waals surface area contributed by atoms with Gasteiger partial charge in [-0.25, -0.2) is 19.7 Å². The monoisotopic (exact) mass is 420 g/mol. The number of aromatic nitrogens is 3. The molecule has 0 spiro atoms. The minimum atomic E-state index is -0.384. The first kappa shape index (κ1) is 19.6. The highest BCUT2D eigenvalue weighted by Crippen LogP contribution is 2.32. The molecular formula is C21H20N6O2S. The van der Waals surface area contributed by atoms with Gasteiger partial charge >= 0.3 is 5.97 Å². The normalized spacial score (nSPS) is 10.7. The summed E-state index contributed by atoms with van der Waals surface area (Å²) in [5.74, 6) is 0.487. The first-order valence-corrected chi connectivity index (χ1v) is 10.1. The van der Waals surface area contributed by atoms with Gasteiger partial charge in [-0.3, -0.25) is 0 Å². The molecule has 0 aliphatic rings. The number of rotatable bonds is 6. The van der Waals surface area contributed by atoms with Crippen molar-refractivity contribution in [2.24, 2.45) is 0 Å². The molecule has 152 valence electrons. The van der Waals surface area contributed by atoms with Crippen molar-refractivity contribution in [3.8, 4) is 0 Å². The molecule has 9 heteroatoms. The zero-order valence-corrected chi connectivity index (χ0v) is 17.3. The van der Waals surface area contributed by atoms with Crippen LogP contribution in [0.2, 0.25) is 0 Å². The van der Waals surface area contributed by atoms with Crippen molar-refractivity contribution in [3.63, 3.8) is 0 Å². The van der Waals surface area contributed by atoms with Crippen molar-refractivity contribution in [1.29, 1.82) is 0 Å². The maximum atomic E-state index is 12.0. The molecule has 2 aromatic carbocycles. The summed E-state index contributed by atoms with van der Waals surface area (Å²) in [7, 11) is 0. The predicted molar refractivity (Wildman–Crippen MR) is 120 cm³/mol. The molecule has 30 heavy (non-hydrogen) atoms. The first-order chi connectivity index (χ1) is 14.5. The van der Waals surface area contributed by atoms with Crippen LogP contribution in [0, 0.1) is 6.92 Å². The van der Waals surface area contributed by atoms with Crippen LogP contribution < -0.4 is 16.4 Å². The number of thiazole rings is 1. The second-order valence-corrected chi connectivity index (χ2v) is 7.56. The van der Waals surface area contributed by atoms with Crippen LogP contribution in [-0.4, -0.2) is 27.5 Å². The highest BCUT2D eigenvalue weighted by Gasteiger charge is 2.13. The number of carbonyl (C=O) groups excluding carboxylic acids is 1. The number of fused-ring (bicyclic) bond motifs is 1. The van der Waals surface area contributed by atoms with Crippen molar-refractivity contribution in [1.82, 2.24) is 15.0 Å². The molecule has 2 aromatic heterocycles. The second kappa shape index (κ2) is 8.34. The predicted octanol–water partition coefficient (Wildman–Crippen LogP) is 4.64. The average Bonchev–Trinajstić information content (AvgIpc) is 3.13. The number of anilines is 5. The third-order valence-electron chi connectivity index (χ3n) is 4.29. The zero-order chi connectivity index (χ0) is 21.1. The lowest BCUT2D eigenvalue weighted by Crippen LogP contribution is -2.07. The quantitative estimate of drug-likeness (QED) is 0.386. The van der Waals surface area contributed by atoms with E-state index in [1.807, 2.05) is 25.1 Å². The van der Waals surface area contributed by atoms with Crippen LogP contribution in [0.1, 0.15) is 22.8 Å². The molecule has 0 aliphatic heterocycles. The van der Waals surface area contributed by atoms with Crippen molar-refractivity contribution < 1.29 is 9.53 Å².